The summed E-state index contributed by atoms with van der Waals surface area (Å²) in [4.78, 5) is 25.9. The fraction of sp³-hybridized carbons (Fsp3) is 0.385. The standard InChI is InChI=1S/C13H17N3O3/c1-19-12-4-2-11(3-5-12)14-13(18)16-8-6-15(10-17)7-9-16/h2-5,10H,6-9H2,1H3,(H,14,18). The maximum atomic E-state index is 12.0. The van der Waals surface area contributed by atoms with E-state index in [1.54, 1.807) is 41.2 Å². The van der Waals surface area contributed by atoms with E-state index in [9.17, 15) is 9.59 Å². The van der Waals surface area contributed by atoms with Crippen LogP contribution in [0.4, 0.5) is 10.5 Å². The van der Waals surface area contributed by atoms with E-state index in [2.05, 4.69) is 5.32 Å². The van der Waals surface area contributed by atoms with Gasteiger partial charge in [-0.15, -0.1) is 0 Å². The molecule has 0 aliphatic carbocycles. The molecule has 1 heterocycles. The molecule has 1 aromatic rings. The number of methoxy groups -OCH3 is 1. The number of carbonyl (C=O) groups is 2. The Morgan fingerprint density at radius 3 is 2.37 bits per heavy atom. The van der Waals surface area contributed by atoms with Crippen LogP contribution in [0, 0.1) is 0 Å². The largest absolute Gasteiger partial charge is 0.497 e. The van der Waals surface area contributed by atoms with Gasteiger partial charge >= 0.3 is 6.03 Å². The smallest absolute Gasteiger partial charge is 0.321 e. The van der Waals surface area contributed by atoms with Crippen LogP contribution in [0.3, 0.4) is 0 Å². The van der Waals surface area contributed by atoms with Crippen molar-refractivity contribution in [1.29, 1.82) is 0 Å². The molecule has 1 N–H and O–H groups in total. The van der Waals surface area contributed by atoms with Crippen molar-refractivity contribution in [1.82, 2.24) is 9.80 Å². The van der Waals surface area contributed by atoms with E-state index in [0.717, 1.165) is 17.8 Å². The van der Waals surface area contributed by atoms with Crippen LogP contribution in [0.2, 0.25) is 0 Å². The highest BCUT2D eigenvalue weighted by molar-refractivity contribution is 5.89. The number of piperazine rings is 1. The first-order chi connectivity index (χ1) is 9.22. The summed E-state index contributed by atoms with van der Waals surface area (Å²) in [5.74, 6) is 0.748. The van der Waals surface area contributed by atoms with Crippen molar-refractivity contribution in [2.75, 3.05) is 38.6 Å². The molecule has 2 rings (SSSR count). The molecule has 0 spiro atoms. The third-order valence-corrected chi connectivity index (χ3v) is 3.09. The highest BCUT2D eigenvalue weighted by atomic mass is 16.5. The number of nitrogens with one attached hydrogen (secondary N) is 1. The molecule has 19 heavy (non-hydrogen) atoms. The lowest BCUT2D eigenvalue weighted by atomic mass is 10.3. The maximum Gasteiger partial charge on any atom is 0.321 e. The van der Waals surface area contributed by atoms with Crippen LogP contribution in [-0.4, -0.2) is 55.5 Å². The van der Waals surface area contributed by atoms with Gasteiger partial charge < -0.3 is 19.9 Å². The predicted molar refractivity (Wildman–Crippen MR) is 71.2 cm³/mol. The van der Waals surface area contributed by atoms with Crippen LogP contribution in [-0.2, 0) is 4.79 Å². The van der Waals surface area contributed by atoms with Gasteiger partial charge in [-0.1, -0.05) is 0 Å². The lowest BCUT2D eigenvalue weighted by Crippen LogP contribution is -2.49. The maximum absolute atomic E-state index is 12.0. The molecule has 1 aliphatic heterocycles. The summed E-state index contributed by atoms with van der Waals surface area (Å²) >= 11 is 0. The molecule has 0 unspecified atom stereocenters. The number of benzene rings is 1. The summed E-state index contributed by atoms with van der Waals surface area (Å²) in [5, 5.41) is 2.82. The van der Waals surface area contributed by atoms with Crippen molar-refractivity contribution >= 4 is 18.1 Å². The third-order valence-electron chi connectivity index (χ3n) is 3.09. The Morgan fingerprint density at radius 1 is 1.21 bits per heavy atom. The van der Waals surface area contributed by atoms with Crippen molar-refractivity contribution in [3.05, 3.63) is 24.3 Å². The molecule has 1 aromatic carbocycles. The molecule has 102 valence electrons. The average molecular weight is 263 g/mol. The first-order valence-corrected chi connectivity index (χ1v) is 6.12. The number of rotatable bonds is 3. The minimum Gasteiger partial charge on any atom is -0.497 e. The number of urea groups is 1. The Balaban J connectivity index is 1.88. The SMILES string of the molecule is COc1ccc(NC(=O)N2CCN(C=O)CC2)cc1. The van der Waals surface area contributed by atoms with Gasteiger partial charge in [-0.3, -0.25) is 4.79 Å². The molecule has 0 atom stereocenters. The van der Waals surface area contributed by atoms with Gasteiger partial charge in [0.15, 0.2) is 0 Å². The molecule has 6 nitrogen and oxygen atoms in total. The molecule has 0 bridgehead atoms. The van der Waals surface area contributed by atoms with Crippen molar-refractivity contribution in [2.24, 2.45) is 0 Å². The van der Waals surface area contributed by atoms with E-state index < -0.39 is 0 Å². The van der Waals surface area contributed by atoms with E-state index in [4.69, 9.17) is 4.74 Å². The van der Waals surface area contributed by atoms with Crippen LogP contribution in [0.1, 0.15) is 0 Å². The Hall–Kier alpha value is -2.24. The first-order valence-electron chi connectivity index (χ1n) is 6.12. The summed E-state index contributed by atoms with van der Waals surface area (Å²) in [5.41, 5.74) is 0.726. The third kappa shape index (κ3) is 3.37. The topological polar surface area (TPSA) is 61.9 Å². The number of anilines is 1. The van der Waals surface area contributed by atoms with Gasteiger partial charge in [0.1, 0.15) is 5.75 Å². The fourth-order valence-corrected chi connectivity index (χ4v) is 1.91. The van der Waals surface area contributed by atoms with Crippen molar-refractivity contribution in [3.8, 4) is 5.75 Å². The lowest BCUT2D eigenvalue weighted by molar-refractivity contribution is -0.119. The molecule has 6 heteroatoms. The number of nitrogens with zero attached hydrogens (tertiary/aromatic N) is 2. The molecular formula is C13H17N3O3. The zero-order valence-corrected chi connectivity index (χ0v) is 10.8. The molecule has 3 amide bonds. The quantitative estimate of drug-likeness (QED) is 0.828. The molecule has 0 radical (unpaired) electrons. The summed E-state index contributed by atoms with van der Waals surface area (Å²) in [7, 11) is 1.60. The van der Waals surface area contributed by atoms with Crippen LogP contribution in [0.5, 0.6) is 5.75 Å². The van der Waals surface area contributed by atoms with E-state index in [1.807, 2.05) is 0 Å². The second kappa shape index (κ2) is 6.08. The number of ether oxygens (including phenoxy) is 1. The van der Waals surface area contributed by atoms with Gasteiger partial charge in [-0.05, 0) is 24.3 Å². The second-order valence-corrected chi connectivity index (χ2v) is 4.29. The highest BCUT2D eigenvalue weighted by Crippen LogP contribution is 2.15. The number of carbonyl (C=O) groups excluding carboxylic acids is 2. The van der Waals surface area contributed by atoms with E-state index in [1.165, 1.54) is 0 Å². The van der Waals surface area contributed by atoms with Gasteiger partial charge in [-0.2, -0.15) is 0 Å². The van der Waals surface area contributed by atoms with Crippen molar-refractivity contribution < 1.29 is 14.3 Å². The average Bonchev–Trinajstić information content (AvgIpc) is 2.48. The Labute approximate surface area is 111 Å². The van der Waals surface area contributed by atoms with E-state index >= 15 is 0 Å². The Bertz CT molecular complexity index is 439. The zero-order chi connectivity index (χ0) is 13.7. The van der Waals surface area contributed by atoms with Crippen LogP contribution in [0.15, 0.2) is 24.3 Å². The van der Waals surface area contributed by atoms with Gasteiger partial charge in [0, 0.05) is 31.9 Å². The molecule has 0 saturated carbocycles. The van der Waals surface area contributed by atoms with Gasteiger partial charge in [0.25, 0.3) is 0 Å². The summed E-state index contributed by atoms with van der Waals surface area (Å²) < 4.78 is 5.05. The first kappa shape index (κ1) is 13.2. The minimum atomic E-state index is -0.143. The zero-order valence-electron chi connectivity index (χ0n) is 10.8. The summed E-state index contributed by atoms with van der Waals surface area (Å²) in [6, 6.07) is 7.02. The van der Waals surface area contributed by atoms with Crippen LogP contribution < -0.4 is 10.1 Å². The number of hydrogen-bond donors (Lipinski definition) is 1. The molecule has 1 aliphatic rings. The van der Waals surface area contributed by atoms with Crippen molar-refractivity contribution in [3.63, 3.8) is 0 Å². The normalized spacial score (nSPS) is 15.0. The van der Waals surface area contributed by atoms with Crippen LogP contribution >= 0.6 is 0 Å². The highest BCUT2D eigenvalue weighted by Gasteiger charge is 2.19. The number of hydrogen-bond acceptors (Lipinski definition) is 3. The van der Waals surface area contributed by atoms with Crippen molar-refractivity contribution in [2.45, 2.75) is 0 Å². The Morgan fingerprint density at radius 2 is 1.84 bits per heavy atom. The number of amides is 3. The summed E-state index contributed by atoms with van der Waals surface area (Å²) in [6.45, 7) is 2.28. The van der Waals surface area contributed by atoms with E-state index in [0.29, 0.717) is 26.2 Å². The van der Waals surface area contributed by atoms with Gasteiger partial charge in [0.05, 0.1) is 7.11 Å². The second-order valence-electron chi connectivity index (χ2n) is 4.29. The van der Waals surface area contributed by atoms with Gasteiger partial charge in [0.2, 0.25) is 6.41 Å². The minimum absolute atomic E-state index is 0.143. The lowest BCUT2D eigenvalue weighted by Gasteiger charge is -2.32. The van der Waals surface area contributed by atoms with Crippen LogP contribution in [0.25, 0.3) is 0 Å². The van der Waals surface area contributed by atoms with E-state index in [-0.39, 0.29) is 6.03 Å². The molecule has 1 saturated heterocycles. The predicted octanol–water partition coefficient (Wildman–Crippen LogP) is 1.00. The van der Waals surface area contributed by atoms with Gasteiger partial charge in [-0.25, -0.2) is 4.79 Å². The molecular weight excluding hydrogens is 246 g/mol. The molecule has 0 aromatic heterocycles. The molecule has 1 fully saturated rings. The Kier molecular flexibility index (Phi) is 4.22. The summed E-state index contributed by atoms with van der Waals surface area (Å²) in [6.07, 6.45) is 0.818. The fourth-order valence-electron chi connectivity index (χ4n) is 1.91. The monoisotopic (exact) mass is 263 g/mol.